The van der Waals surface area contributed by atoms with E-state index in [0.29, 0.717) is 12.3 Å². The van der Waals surface area contributed by atoms with E-state index in [2.05, 4.69) is 20.5 Å². The fraction of sp³-hybridized carbons (Fsp3) is 0.500. The first-order valence-electron chi connectivity index (χ1n) is 6.35. The fourth-order valence-electron chi connectivity index (χ4n) is 2.19. The van der Waals surface area contributed by atoms with Gasteiger partial charge in [-0.15, -0.1) is 10.2 Å². The first kappa shape index (κ1) is 11.1. The van der Waals surface area contributed by atoms with Gasteiger partial charge in [-0.2, -0.15) is 9.61 Å². The SMILES string of the molecule is Cc1noc(C)c1Cc1nnc2sc(C3CC3)nn12. The molecule has 0 amide bonds. The summed E-state index contributed by atoms with van der Waals surface area (Å²) in [7, 11) is 0. The van der Waals surface area contributed by atoms with Crippen LogP contribution in [0, 0.1) is 13.8 Å². The van der Waals surface area contributed by atoms with E-state index in [-0.39, 0.29) is 0 Å². The van der Waals surface area contributed by atoms with Gasteiger partial charge in [-0.05, 0) is 26.7 Å². The Balaban J connectivity index is 1.74. The van der Waals surface area contributed by atoms with Crippen LogP contribution < -0.4 is 0 Å². The summed E-state index contributed by atoms with van der Waals surface area (Å²) in [6, 6.07) is 0. The van der Waals surface area contributed by atoms with E-state index >= 15 is 0 Å². The Labute approximate surface area is 113 Å². The molecule has 0 atom stereocenters. The topological polar surface area (TPSA) is 69.1 Å². The standard InChI is InChI=1S/C12H13N5OS/c1-6-9(7(2)18-16-6)5-10-13-14-12-17(10)15-11(19-12)8-3-4-8/h8H,3-5H2,1-2H3. The zero-order valence-corrected chi connectivity index (χ0v) is 11.6. The van der Waals surface area contributed by atoms with E-state index in [9.17, 15) is 0 Å². The van der Waals surface area contributed by atoms with Crippen LogP contribution in [0.1, 0.15) is 46.6 Å². The third kappa shape index (κ3) is 1.76. The molecule has 6 nitrogen and oxygen atoms in total. The first-order valence-corrected chi connectivity index (χ1v) is 7.17. The van der Waals surface area contributed by atoms with Crippen molar-refractivity contribution in [2.75, 3.05) is 0 Å². The summed E-state index contributed by atoms with van der Waals surface area (Å²) in [6.45, 7) is 3.87. The Morgan fingerprint density at radius 2 is 2.16 bits per heavy atom. The molecule has 0 N–H and O–H groups in total. The van der Waals surface area contributed by atoms with Crippen LogP contribution in [0.4, 0.5) is 0 Å². The van der Waals surface area contributed by atoms with E-state index in [1.54, 1.807) is 11.3 Å². The minimum Gasteiger partial charge on any atom is -0.361 e. The maximum absolute atomic E-state index is 5.18. The predicted molar refractivity (Wildman–Crippen MR) is 69.4 cm³/mol. The lowest BCUT2D eigenvalue weighted by Crippen LogP contribution is -1.99. The number of aromatic nitrogens is 5. The number of nitrogens with zero attached hydrogens (tertiary/aromatic N) is 5. The normalized spacial score (nSPS) is 15.5. The van der Waals surface area contributed by atoms with Gasteiger partial charge < -0.3 is 4.52 Å². The third-order valence-electron chi connectivity index (χ3n) is 3.51. The maximum Gasteiger partial charge on any atom is 0.234 e. The Bertz CT molecular complexity index is 732. The van der Waals surface area contributed by atoms with Gasteiger partial charge in [0.1, 0.15) is 10.8 Å². The number of rotatable bonds is 3. The van der Waals surface area contributed by atoms with Gasteiger partial charge in [-0.3, -0.25) is 0 Å². The van der Waals surface area contributed by atoms with Crippen molar-refractivity contribution in [1.29, 1.82) is 0 Å². The van der Waals surface area contributed by atoms with Crippen molar-refractivity contribution < 1.29 is 4.52 Å². The van der Waals surface area contributed by atoms with E-state index in [4.69, 9.17) is 4.52 Å². The van der Waals surface area contributed by atoms with Crippen LogP contribution in [0.25, 0.3) is 4.96 Å². The van der Waals surface area contributed by atoms with Crippen LogP contribution in [0.15, 0.2) is 4.52 Å². The minimum absolute atomic E-state index is 0.651. The molecule has 3 aromatic rings. The minimum atomic E-state index is 0.651. The zero-order chi connectivity index (χ0) is 13.0. The number of hydrogen-bond acceptors (Lipinski definition) is 6. The molecule has 19 heavy (non-hydrogen) atoms. The van der Waals surface area contributed by atoms with Crippen LogP contribution in [-0.2, 0) is 6.42 Å². The molecule has 98 valence electrons. The first-order chi connectivity index (χ1) is 9.22. The number of fused-ring (bicyclic) bond motifs is 1. The second-order valence-electron chi connectivity index (χ2n) is 5.00. The lowest BCUT2D eigenvalue weighted by atomic mass is 10.1. The lowest BCUT2D eigenvalue weighted by Gasteiger charge is -1.96. The summed E-state index contributed by atoms with van der Waals surface area (Å²) in [5.41, 5.74) is 1.99. The van der Waals surface area contributed by atoms with Gasteiger partial charge in [0, 0.05) is 17.9 Å². The summed E-state index contributed by atoms with van der Waals surface area (Å²) < 4.78 is 7.05. The summed E-state index contributed by atoms with van der Waals surface area (Å²) >= 11 is 1.65. The second-order valence-corrected chi connectivity index (χ2v) is 5.99. The molecule has 4 rings (SSSR count). The molecule has 0 bridgehead atoms. The van der Waals surface area contributed by atoms with Gasteiger partial charge in [-0.25, -0.2) is 0 Å². The molecule has 1 aliphatic carbocycles. The molecule has 1 saturated carbocycles. The maximum atomic E-state index is 5.18. The van der Waals surface area contributed by atoms with Crippen molar-refractivity contribution in [3.63, 3.8) is 0 Å². The highest BCUT2D eigenvalue weighted by molar-refractivity contribution is 7.16. The van der Waals surface area contributed by atoms with Crippen molar-refractivity contribution in [3.05, 3.63) is 27.8 Å². The molecule has 7 heteroatoms. The molecule has 3 aromatic heterocycles. The van der Waals surface area contributed by atoms with E-state index in [1.807, 2.05) is 18.4 Å². The summed E-state index contributed by atoms with van der Waals surface area (Å²) in [6.07, 6.45) is 3.17. The fourth-order valence-corrected chi connectivity index (χ4v) is 3.22. The van der Waals surface area contributed by atoms with E-state index in [1.165, 1.54) is 17.8 Å². The van der Waals surface area contributed by atoms with Crippen LogP contribution in [-0.4, -0.2) is 25.0 Å². The van der Waals surface area contributed by atoms with Crippen LogP contribution in [0.5, 0.6) is 0 Å². The smallest absolute Gasteiger partial charge is 0.234 e. The van der Waals surface area contributed by atoms with Gasteiger partial charge in [0.25, 0.3) is 0 Å². The monoisotopic (exact) mass is 275 g/mol. The average molecular weight is 275 g/mol. The molecule has 0 spiro atoms. The van der Waals surface area contributed by atoms with Crippen LogP contribution >= 0.6 is 11.3 Å². The van der Waals surface area contributed by atoms with Gasteiger partial charge >= 0.3 is 0 Å². The molecule has 0 radical (unpaired) electrons. The molecule has 1 aliphatic rings. The van der Waals surface area contributed by atoms with E-state index < -0.39 is 0 Å². The molecule has 3 heterocycles. The van der Waals surface area contributed by atoms with E-state index in [0.717, 1.165) is 27.8 Å². The lowest BCUT2D eigenvalue weighted by molar-refractivity contribution is 0.392. The van der Waals surface area contributed by atoms with Crippen molar-refractivity contribution in [2.24, 2.45) is 0 Å². The van der Waals surface area contributed by atoms with Gasteiger partial charge in [0.05, 0.1) is 5.69 Å². The molecule has 0 aromatic carbocycles. The second kappa shape index (κ2) is 3.86. The zero-order valence-electron chi connectivity index (χ0n) is 10.8. The summed E-state index contributed by atoms with van der Waals surface area (Å²) in [5, 5.41) is 18.2. The highest BCUT2D eigenvalue weighted by Crippen LogP contribution is 2.41. The quantitative estimate of drug-likeness (QED) is 0.733. The number of aryl methyl sites for hydroxylation is 2. The van der Waals surface area contributed by atoms with Gasteiger partial charge in [0.2, 0.25) is 4.96 Å². The van der Waals surface area contributed by atoms with Crippen molar-refractivity contribution in [3.8, 4) is 0 Å². The molecule has 0 saturated heterocycles. The Kier molecular flexibility index (Phi) is 2.26. The van der Waals surface area contributed by atoms with Crippen molar-refractivity contribution >= 4 is 16.3 Å². The molecule has 0 aliphatic heterocycles. The highest BCUT2D eigenvalue weighted by atomic mass is 32.1. The van der Waals surface area contributed by atoms with Crippen LogP contribution in [0.3, 0.4) is 0 Å². The average Bonchev–Trinajstić information content (AvgIpc) is 2.95. The summed E-state index contributed by atoms with van der Waals surface area (Å²) in [5.74, 6) is 2.35. The Morgan fingerprint density at radius 1 is 1.32 bits per heavy atom. The predicted octanol–water partition coefficient (Wildman–Crippen LogP) is 2.26. The molecular formula is C12H13N5OS. The van der Waals surface area contributed by atoms with Crippen molar-refractivity contribution in [2.45, 2.75) is 39.0 Å². The summed E-state index contributed by atoms with van der Waals surface area (Å²) in [4.78, 5) is 0.878. The molecular weight excluding hydrogens is 262 g/mol. The number of hydrogen-bond donors (Lipinski definition) is 0. The Hall–Kier alpha value is -1.76. The van der Waals surface area contributed by atoms with Gasteiger partial charge in [-0.1, -0.05) is 16.5 Å². The molecule has 1 fully saturated rings. The Morgan fingerprint density at radius 3 is 2.84 bits per heavy atom. The highest BCUT2D eigenvalue weighted by Gasteiger charge is 2.28. The van der Waals surface area contributed by atoms with Crippen LogP contribution in [0.2, 0.25) is 0 Å². The molecule has 0 unspecified atom stereocenters. The van der Waals surface area contributed by atoms with Crippen molar-refractivity contribution in [1.82, 2.24) is 25.0 Å². The third-order valence-corrected chi connectivity index (χ3v) is 4.58. The van der Waals surface area contributed by atoms with Gasteiger partial charge in [0.15, 0.2) is 5.82 Å². The largest absolute Gasteiger partial charge is 0.361 e.